The average molecular weight is 174 g/mol. The van der Waals surface area contributed by atoms with Crippen molar-refractivity contribution < 1.29 is 0 Å². The van der Waals surface area contributed by atoms with Gasteiger partial charge in [-0.2, -0.15) is 0 Å². The van der Waals surface area contributed by atoms with Gasteiger partial charge in [0.25, 0.3) is 0 Å². The van der Waals surface area contributed by atoms with E-state index in [0.717, 1.165) is 19.1 Å². The van der Waals surface area contributed by atoms with Gasteiger partial charge < -0.3 is 10.3 Å². The summed E-state index contributed by atoms with van der Waals surface area (Å²) in [5, 5.41) is 3.26. The summed E-state index contributed by atoms with van der Waals surface area (Å²) in [7, 11) is 0.0200. The van der Waals surface area contributed by atoms with E-state index in [0.29, 0.717) is 0 Å². The van der Waals surface area contributed by atoms with E-state index in [1.165, 1.54) is 12.5 Å². The van der Waals surface area contributed by atoms with Crippen molar-refractivity contribution in [2.75, 3.05) is 13.2 Å². The maximum absolute atomic E-state index is 3.48. The van der Waals surface area contributed by atoms with Gasteiger partial charge in [0.15, 0.2) is 0 Å². The third kappa shape index (κ3) is 8.04. The van der Waals surface area contributed by atoms with Gasteiger partial charge >= 0.3 is 0 Å². The number of rotatable bonds is 7. The summed E-state index contributed by atoms with van der Waals surface area (Å²) >= 11 is 0. The predicted molar refractivity (Wildman–Crippen MR) is 54.5 cm³/mol. The second-order valence-electron chi connectivity index (χ2n) is 3.08. The Morgan fingerprint density at radius 3 is 2.64 bits per heavy atom. The first kappa shape index (κ1) is 11.1. The number of nitrogens with one attached hydrogen (secondary N) is 2. The van der Waals surface area contributed by atoms with Crippen LogP contribution in [0.2, 0.25) is 6.04 Å². The van der Waals surface area contributed by atoms with Gasteiger partial charge in [0.2, 0.25) is 0 Å². The maximum Gasteiger partial charge on any atom is 0.0933 e. The van der Waals surface area contributed by atoms with Crippen LogP contribution in [-0.2, 0) is 0 Å². The fraction of sp³-hybridized carbons (Fsp3) is 1.00. The molecule has 0 aromatic carbocycles. The zero-order valence-corrected chi connectivity index (χ0v) is 9.53. The molecule has 0 saturated carbocycles. The van der Waals surface area contributed by atoms with Crippen LogP contribution in [0, 0.1) is 5.92 Å². The summed E-state index contributed by atoms with van der Waals surface area (Å²) in [5.74, 6) is 0.927. The lowest BCUT2D eigenvalue weighted by Crippen LogP contribution is -2.31. The van der Waals surface area contributed by atoms with Crippen molar-refractivity contribution in [3.63, 3.8) is 0 Å². The highest BCUT2D eigenvalue weighted by molar-refractivity contribution is 6.32. The van der Waals surface area contributed by atoms with Crippen LogP contribution in [0.1, 0.15) is 27.2 Å². The standard InChI is InChI=1S/C8H22N2Si/c1-4-8(3)6-11-10-7-9-5-2/h8-10H,4-7,11H2,1-3H3. The third-order valence-corrected chi connectivity index (χ3v) is 3.89. The Labute approximate surface area is 73.0 Å². The minimum atomic E-state index is 0.0200. The Morgan fingerprint density at radius 2 is 2.09 bits per heavy atom. The molecule has 0 aromatic heterocycles. The van der Waals surface area contributed by atoms with Crippen LogP contribution in [0.15, 0.2) is 0 Å². The Hall–Kier alpha value is 0.137. The zero-order valence-electron chi connectivity index (χ0n) is 8.11. The van der Waals surface area contributed by atoms with Crippen LogP contribution in [0.5, 0.6) is 0 Å². The number of hydrogen-bond donors (Lipinski definition) is 2. The summed E-state index contributed by atoms with van der Waals surface area (Å²) < 4.78 is 0. The maximum atomic E-state index is 3.48. The van der Waals surface area contributed by atoms with Crippen LogP contribution >= 0.6 is 0 Å². The average Bonchev–Trinajstić information content (AvgIpc) is 2.04. The molecule has 0 fully saturated rings. The largest absolute Gasteiger partial charge is 0.331 e. The van der Waals surface area contributed by atoms with Crippen molar-refractivity contribution >= 4 is 9.68 Å². The first-order valence-corrected chi connectivity index (χ1v) is 6.43. The van der Waals surface area contributed by atoms with E-state index >= 15 is 0 Å². The molecule has 68 valence electrons. The molecular weight excluding hydrogens is 152 g/mol. The topological polar surface area (TPSA) is 24.1 Å². The lowest BCUT2D eigenvalue weighted by atomic mass is 10.2. The van der Waals surface area contributed by atoms with Gasteiger partial charge in [0.1, 0.15) is 0 Å². The summed E-state index contributed by atoms with van der Waals surface area (Å²) in [6, 6.07) is 1.43. The van der Waals surface area contributed by atoms with Crippen LogP contribution in [0.4, 0.5) is 0 Å². The fourth-order valence-corrected chi connectivity index (χ4v) is 2.31. The van der Waals surface area contributed by atoms with E-state index in [-0.39, 0.29) is 9.68 Å². The first-order chi connectivity index (χ1) is 5.31. The third-order valence-electron chi connectivity index (χ3n) is 2.01. The molecular formula is C8H22N2Si. The molecule has 0 aromatic rings. The van der Waals surface area contributed by atoms with Crippen molar-refractivity contribution in [1.82, 2.24) is 10.3 Å². The highest BCUT2D eigenvalue weighted by Crippen LogP contribution is 2.04. The second-order valence-corrected chi connectivity index (χ2v) is 4.66. The minimum absolute atomic E-state index is 0.0200. The molecule has 2 N–H and O–H groups in total. The van der Waals surface area contributed by atoms with Crippen LogP contribution in [0.3, 0.4) is 0 Å². The minimum Gasteiger partial charge on any atom is -0.331 e. The molecule has 0 heterocycles. The fourth-order valence-electron chi connectivity index (χ4n) is 0.854. The van der Waals surface area contributed by atoms with Gasteiger partial charge in [-0.15, -0.1) is 0 Å². The SMILES string of the molecule is CCNCN[SiH2]CC(C)CC. The molecule has 0 amide bonds. The zero-order chi connectivity index (χ0) is 8.53. The Bertz CT molecular complexity index is 78.5. The van der Waals surface area contributed by atoms with E-state index < -0.39 is 0 Å². The molecule has 0 spiro atoms. The normalized spacial score (nSPS) is 14.5. The number of hydrogen-bond acceptors (Lipinski definition) is 2. The van der Waals surface area contributed by atoms with Crippen molar-refractivity contribution in [1.29, 1.82) is 0 Å². The predicted octanol–water partition coefficient (Wildman–Crippen LogP) is 0.691. The lowest BCUT2D eigenvalue weighted by molar-refractivity contribution is 0.614. The molecule has 0 aliphatic rings. The quantitative estimate of drug-likeness (QED) is 0.337. The van der Waals surface area contributed by atoms with Gasteiger partial charge in [-0.25, -0.2) is 0 Å². The first-order valence-electron chi connectivity index (χ1n) is 4.72. The van der Waals surface area contributed by atoms with E-state index in [9.17, 15) is 0 Å². The smallest absolute Gasteiger partial charge is 0.0933 e. The van der Waals surface area contributed by atoms with E-state index in [4.69, 9.17) is 0 Å². The van der Waals surface area contributed by atoms with Crippen molar-refractivity contribution in [2.24, 2.45) is 5.92 Å². The van der Waals surface area contributed by atoms with Gasteiger partial charge in [-0.3, -0.25) is 0 Å². The molecule has 0 saturated heterocycles. The molecule has 1 atom stereocenters. The van der Waals surface area contributed by atoms with Crippen LogP contribution in [0.25, 0.3) is 0 Å². The summed E-state index contributed by atoms with van der Waals surface area (Å²) in [6.07, 6.45) is 1.33. The van der Waals surface area contributed by atoms with E-state index in [1.54, 1.807) is 0 Å². The van der Waals surface area contributed by atoms with E-state index in [2.05, 4.69) is 31.1 Å². The van der Waals surface area contributed by atoms with Gasteiger partial charge in [0, 0.05) is 6.67 Å². The summed E-state index contributed by atoms with van der Waals surface area (Å²) in [4.78, 5) is 3.48. The highest BCUT2D eigenvalue weighted by atomic mass is 28.2. The molecule has 0 radical (unpaired) electrons. The summed E-state index contributed by atoms with van der Waals surface area (Å²) in [6.45, 7) is 8.83. The Morgan fingerprint density at radius 1 is 1.36 bits per heavy atom. The second kappa shape index (κ2) is 8.24. The molecule has 3 heteroatoms. The molecule has 0 rings (SSSR count). The van der Waals surface area contributed by atoms with E-state index in [1.807, 2.05) is 0 Å². The van der Waals surface area contributed by atoms with Gasteiger partial charge in [-0.1, -0.05) is 27.2 Å². The molecule has 0 bridgehead atoms. The Kier molecular flexibility index (Phi) is 8.34. The van der Waals surface area contributed by atoms with Crippen molar-refractivity contribution in [3.8, 4) is 0 Å². The monoisotopic (exact) mass is 174 g/mol. The van der Waals surface area contributed by atoms with Crippen LogP contribution < -0.4 is 10.3 Å². The molecule has 2 nitrogen and oxygen atoms in total. The summed E-state index contributed by atoms with van der Waals surface area (Å²) in [5.41, 5.74) is 0. The molecule has 0 aliphatic carbocycles. The lowest BCUT2D eigenvalue weighted by Gasteiger charge is -2.08. The highest BCUT2D eigenvalue weighted by Gasteiger charge is 1.96. The Balaban J connectivity index is 2.89. The molecule has 0 aliphatic heterocycles. The molecule has 11 heavy (non-hydrogen) atoms. The van der Waals surface area contributed by atoms with Gasteiger partial charge in [-0.05, 0) is 18.5 Å². The van der Waals surface area contributed by atoms with Crippen LogP contribution in [-0.4, -0.2) is 22.9 Å². The van der Waals surface area contributed by atoms with Crippen molar-refractivity contribution in [2.45, 2.75) is 33.2 Å². The molecule has 1 unspecified atom stereocenters. The van der Waals surface area contributed by atoms with Crippen molar-refractivity contribution in [3.05, 3.63) is 0 Å². The van der Waals surface area contributed by atoms with Gasteiger partial charge in [0.05, 0.1) is 9.68 Å².